The van der Waals surface area contributed by atoms with Crippen LogP contribution in [0.4, 0.5) is 0 Å². The molecule has 11 rings (SSSR count). The van der Waals surface area contributed by atoms with Crippen LogP contribution in [0.2, 0.25) is 0 Å². The molecule has 3 heteroatoms. The summed E-state index contributed by atoms with van der Waals surface area (Å²) in [6.07, 6.45) is 0. The lowest BCUT2D eigenvalue weighted by atomic mass is 9.66. The van der Waals surface area contributed by atoms with E-state index in [2.05, 4.69) is 182 Å². The topological polar surface area (TPSA) is 25.8 Å². The normalized spacial score (nSPS) is 13.3. The molecule has 1 aliphatic heterocycles. The Morgan fingerprint density at radius 3 is 1.48 bits per heavy atom. The Morgan fingerprint density at radius 2 is 0.852 bits per heavy atom. The molecule has 2 heterocycles. The van der Waals surface area contributed by atoms with Crippen LogP contribution in [0.25, 0.3) is 66.9 Å². The van der Waals surface area contributed by atoms with E-state index in [9.17, 15) is 0 Å². The van der Waals surface area contributed by atoms with Crippen LogP contribution in [-0.2, 0) is 5.41 Å². The van der Waals surface area contributed by atoms with Crippen LogP contribution in [-0.4, -0.2) is 9.97 Å². The standard InChI is InChI=1S/C51H32N2S/c1-3-14-34(15-4-1)46-32-47(35-16-5-2-6-17-35)53-50(52-46)36-28-26-33(27-29-36)39-22-13-25-44-49(39)54-48-31-38-19-8-7-18-37(38)30-45(48)51(44)42-23-11-9-20-40(42)41-21-10-12-24-43(41)51/h1-32H. The van der Waals surface area contributed by atoms with Crippen molar-refractivity contribution < 1.29 is 0 Å². The van der Waals surface area contributed by atoms with Gasteiger partial charge in [0.25, 0.3) is 0 Å². The first kappa shape index (κ1) is 31.0. The molecular weight excluding hydrogens is 673 g/mol. The van der Waals surface area contributed by atoms with E-state index in [0.29, 0.717) is 5.82 Å². The zero-order valence-corrected chi connectivity index (χ0v) is 30.1. The smallest absolute Gasteiger partial charge is 0.160 e. The van der Waals surface area contributed by atoms with Crippen molar-refractivity contribution in [1.82, 2.24) is 9.97 Å². The second-order valence-electron chi connectivity index (χ2n) is 14.1. The van der Waals surface area contributed by atoms with Crippen LogP contribution < -0.4 is 0 Å². The highest BCUT2D eigenvalue weighted by atomic mass is 32.2. The Balaban J connectivity index is 1.09. The van der Waals surface area contributed by atoms with Gasteiger partial charge in [-0.05, 0) is 73.5 Å². The number of hydrogen-bond acceptors (Lipinski definition) is 3. The molecule has 8 aromatic carbocycles. The van der Waals surface area contributed by atoms with E-state index in [-0.39, 0.29) is 0 Å². The molecule has 0 atom stereocenters. The van der Waals surface area contributed by atoms with Crippen molar-refractivity contribution >= 4 is 22.5 Å². The maximum Gasteiger partial charge on any atom is 0.160 e. The summed E-state index contributed by atoms with van der Waals surface area (Å²) in [4.78, 5) is 12.8. The van der Waals surface area contributed by atoms with Gasteiger partial charge in [-0.15, -0.1) is 0 Å². The third-order valence-electron chi connectivity index (χ3n) is 11.2. The number of nitrogens with zero attached hydrogens (tertiary/aromatic N) is 2. The maximum atomic E-state index is 5.10. The van der Waals surface area contributed by atoms with Crippen LogP contribution in [0, 0.1) is 0 Å². The minimum atomic E-state index is -0.442. The molecule has 0 amide bonds. The molecule has 252 valence electrons. The van der Waals surface area contributed by atoms with Gasteiger partial charge in [0.1, 0.15) is 0 Å². The average Bonchev–Trinajstić information content (AvgIpc) is 3.54. The van der Waals surface area contributed by atoms with Crippen molar-refractivity contribution in [1.29, 1.82) is 0 Å². The fraction of sp³-hybridized carbons (Fsp3) is 0.0196. The minimum Gasteiger partial charge on any atom is -0.228 e. The zero-order chi connectivity index (χ0) is 35.6. The highest BCUT2D eigenvalue weighted by Gasteiger charge is 2.50. The lowest BCUT2D eigenvalue weighted by Gasteiger charge is -2.40. The minimum absolute atomic E-state index is 0.442. The first-order valence-electron chi connectivity index (χ1n) is 18.4. The Kier molecular flexibility index (Phi) is 7.05. The van der Waals surface area contributed by atoms with E-state index >= 15 is 0 Å². The molecule has 1 aliphatic carbocycles. The zero-order valence-electron chi connectivity index (χ0n) is 29.3. The van der Waals surface area contributed by atoms with Gasteiger partial charge in [0.05, 0.1) is 16.8 Å². The third kappa shape index (κ3) is 4.68. The average molecular weight is 705 g/mol. The highest BCUT2D eigenvalue weighted by Crippen LogP contribution is 2.63. The van der Waals surface area contributed by atoms with Crippen LogP contribution in [0.15, 0.2) is 204 Å². The van der Waals surface area contributed by atoms with Crippen molar-refractivity contribution in [2.75, 3.05) is 0 Å². The first-order chi connectivity index (χ1) is 26.8. The number of aromatic nitrogens is 2. The summed E-state index contributed by atoms with van der Waals surface area (Å²) in [5.74, 6) is 0.713. The number of benzene rings is 8. The van der Waals surface area contributed by atoms with Gasteiger partial charge in [-0.3, -0.25) is 0 Å². The Labute approximate surface area is 318 Å². The molecule has 0 saturated heterocycles. The molecule has 2 aliphatic rings. The van der Waals surface area contributed by atoms with Gasteiger partial charge in [-0.2, -0.15) is 0 Å². The monoisotopic (exact) mass is 704 g/mol. The van der Waals surface area contributed by atoms with E-state index < -0.39 is 5.41 Å². The van der Waals surface area contributed by atoms with Crippen LogP contribution in [0.1, 0.15) is 22.3 Å². The first-order valence-corrected chi connectivity index (χ1v) is 19.2. The Hall–Kier alpha value is -6.55. The molecular formula is C51H32N2S. The molecule has 1 aromatic heterocycles. The van der Waals surface area contributed by atoms with Gasteiger partial charge >= 0.3 is 0 Å². The summed E-state index contributed by atoms with van der Waals surface area (Å²) in [5.41, 5.74) is 14.9. The number of rotatable bonds is 4. The van der Waals surface area contributed by atoms with E-state index in [1.165, 1.54) is 65.1 Å². The van der Waals surface area contributed by atoms with Gasteiger partial charge in [0.2, 0.25) is 0 Å². The second kappa shape index (κ2) is 12.3. The van der Waals surface area contributed by atoms with Crippen molar-refractivity contribution in [2.24, 2.45) is 0 Å². The van der Waals surface area contributed by atoms with Gasteiger partial charge in [0.15, 0.2) is 5.82 Å². The second-order valence-corrected chi connectivity index (χ2v) is 15.1. The molecule has 9 aromatic rings. The lowest BCUT2D eigenvalue weighted by Crippen LogP contribution is -2.32. The van der Waals surface area contributed by atoms with E-state index in [0.717, 1.165) is 28.1 Å². The van der Waals surface area contributed by atoms with Crippen LogP contribution in [0.5, 0.6) is 0 Å². The molecule has 54 heavy (non-hydrogen) atoms. The van der Waals surface area contributed by atoms with Crippen LogP contribution in [0.3, 0.4) is 0 Å². The van der Waals surface area contributed by atoms with Gasteiger partial charge in [0, 0.05) is 26.5 Å². The summed E-state index contributed by atoms with van der Waals surface area (Å²) in [7, 11) is 0. The van der Waals surface area contributed by atoms with E-state index in [1.807, 2.05) is 23.9 Å². The summed E-state index contributed by atoms with van der Waals surface area (Å²) in [5, 5.41) is 2.53. The SMILES string of the molecule is c1ccc(-c2cc(-c3ccccc3)nc(-c3ccc(-c4cccc5c4Sc4cc6ccccc6cc4C54c5ccccc5-c5ccccc54)cc3)n2)cc1. The van der Waals surface area contributed by atoms with Crippen molar-refractivity contribution in [3.63, 3.8) is 0 Å². The van der Waals surface area contributed by atoms with Gasteiger partial charge in [-0.25, -0.2) is 9.97 Å². The Morgan fingerprint density at radius 1 is 0.352 bits per heavy atom. The molecule has 0 N–H and O–H groups in total. The van der Waals surface area contributed by atoms with Crippen molar-refractivity contribution in [2.45, 2.75) is 15.2 Å². The van der Waals surface area contributed by atoms with Gasteiger partial charge < -0.3 is 0 Å². The highest BCUT2D eigenvalue weighted by molar-refractivity contribution is 7.99. The molecule has 0 fully saturated rings. The van der Waals surface area contributed by atoms with E-state index in [1.54, 1.807) is 0 Å². The molecule has 0 radical (unpaired) electrons. The fourth-order valence-electron chi connectivity index (χ4n) is 8.73. The predicted octanol–water partition coefficient (Wildman–Crippen LogP) is 13.1. The Bertz CT molecular complexity index is 2790. The van der Waals surface area contributed by atoms with Crippen molar-refractivity contribution in [3.05, 3.63) is 216 Å². The molecule has 0 unspecified atom stereocenters. The summed E-state index contributed by atoms with van der Waals surface area (Å²) in [6.45, 7) is 0. The van der Waals surface area contributed by atoms with Crippen molar-refractivity contribution in [3.8, 4) is 56.2 Å². The summed E-state index contributed by atoms with van der Waals surface area (Å²) < 4.78 is 0. The summed E-state index contributed by atoms with van der Waals surface area (Å²) in [6, 6.07) is 70.2. The molecule has 0 saturated carbocycles. The lowest BCUT2D eigenvalue weighted by molar-refractivity contribution is 0.725. The van der Waals surface area contributed by atoms with E-state index in [4.69, 9.17) is 9.97 Å². The molecule has 1 spiro atoms. The predicted molar refractivity (Wildman–Crippen MR) is 223 cm³/mol. The maximum absolute atomic E-state index is 5.10. The fourth-order valence-corrected chi connectivity index (χ4v) is 10.1. The molecule has 0 bridgehead atoms. The largest absolute Gasteiger partial charge is 0.228 e. The molecule has 2 nitrogen and oxygen atoms in total. The number of hydrogen-bond donors (Lipinski definition) is 0. The quantitative estimate of drug-likeness (QED) is 0.182. The third-order valence-corrected chi connectivity index (χ3v) is 12.4. The summed E-state index contributed by atoms with van der Waals surface area (Å²) >= 11 is 1.90. The van der Waals surface area contributed by atoms with Crippen LogP contribution >= 0.6 is 11.8 Å². The van der Waals surface area contributed by atoms with Gasteiger partial charge in [-0.1, -0.05) is 188 Å². The number of fused-ring (bicyclic) bond motifs is 10.